The number of hydrogen-bond donors (Lipinski definition) is 1. The Bertz CT molecular complexity index is 145. The summed E-state index contributed by atoms with van der Waals surface area (Å²) in [6.45, 7) is 7.61. The first-order valence-electron chi connectivity index (χ1n) is 5.93. The van der Waals surface area contributed by atoms with Gasteiger partial charge in [-0.05, 0) is 26.3 Å². The van der Waals surface area contributed by atoms with E-state index in [2.05, 4.69) is 17.1 Å². The minimum absolute atomic E-state index is 0.680. The fourth-order valence-electron chi connectivity index (χ4n) is 2.53. The smallest absolute Gasteiger partial charge is 0.0594 e. The van der Waals surface area contributed by atoms with Crippen LogP contribution in [0.4, 0.5) is 0 Å². The lowest BCUT2D eigenvalue weighted by Crippen LogP contribution is -2.53. The number of rotatable bonds is 2. The highest BCUT2D eigenvalue weighted by Gasteiger charge is 2.25. The van der Waals surface area contributed by atoms with E-state index in [1.165, 1.54) is 25.8 Å². The van der Waals surface area contributed by atoms with E-state index in [1.54, 1.807) is 0 Å². The number of nitrogens with one attached hydrogen (secondary N) is 1. The Morgan fingerprint density at radius 1 is 1.29 bits per heavy atom. The molecule has 0 aromatic heterocycles. The highest BCUT2D eigenvalue weighted by atomic mass is 16.5. The molecular formula is C11H22N2O. The molecule has 0 radical (unpaired) electrons. The van der Waals surface area contributed by atoms with Gasteiger partial charge in [-0.25, -0.2) is 0 Å². The number of ether oxygens (including phenoxy) is 1. The summed E-state index contributed by atoms with van der Waals surface area (Å²) in [5, 5.41) is 3.63. The summed E-state index contributed by atoms with van der Waals surface area (Å²) < 4.78 is 5.38. The minimum atomic E-state index is 0.680. The predicted molar refractivity (Wildman–Crippen MR) is 57.5 cm³/mol. The molecule has 2 rings (SSSR count). The molecule has 82 valence electrons. The molecule has 1 N–H and O–H groups in total. The van der Waals surface area contributed by atoms with Crippen molar-refractivity contribution in [3.05, 3.63) is 0 Å². The highest BCUT2D eigenvalue weighted by Crippen LogP contribution is 2.15. The van der Waals surface area contributed by atoms with Gasteiger partial charge in [-0.3, -0.25) is 4.90 Å². The zero-order valence-corrected chi connectivity index (χ0v) is 9.17. The first-order chi connectivity index (χ1) is 6.88. The monoisotopic (exact) mass is 198 g/mol. The van der Waals surface area contributed by atoms with Gasteiger partial charge in [0.15, 0.2) is 0 Å². The molecule has 2 atom stereocenters. The Hall–Kier alpha value is -0.120. The van der Waals surface area contributed by atoms with Crippen molar-refractivity contribution in [2.24, 2.45) is 0 Å². The van der Waals surface area contributed by atoms with Crippen LogP contribution in [0.3, 0.4) is 0 Å². The van der Waals surface area contributed by atoms with Crippen LogP contribution in [0, 0.1) is 0 Å². The largest absolute Gasteiger partial charge is 0.379 e. The van der Waals surface area contributed by atoms with Gasteiger partial charge >= 0.3 is 0 Å². The Morgan fingerprint density at radius 3 is 2.71 bits per heavy atom. The molecule has 2 aliphatic rings. The first kappa shape index (κ1) is 10.4. The summed E-state index contributed by atoms with van der Waals surface area (Å²) in [7, 11) is 0. The second kappa shape index (κ2) is 5.10. The standard InChI is InChI=1S/C11H22N2O/c1-10(11-4-2-3-5-12-11)13-6-8-14-9-7-13/h10-12H,2-9H2,1H3. The van der Waals surface area contributed by atoms with Gasteiger partial charge in [0.2, 0.25) is 0 Å². The van der Waals surface area contributed by atoms with Crippen molar-refractivity contribution in [3.8, 4) is 0 Å². The van der Waals surface area contributed by atoms with Gasteiger partial charge in [0.25, 0.3) is 0 Å². The van der Waals surface area contributed by atoms with E-state index in [1.807, 2.05) is 0 Å². The van der Waals surface area contributed by atoms with Gasteiger partial charge in [-0.1, -0.05) is 6.42 Å². The maximum Gasteiger partial charge on any atom is 0.0594 e. The fourth-order valence-corrected chi connectivity index (χ4v) is 2.53. The van der Waals surface area contributed by atoms with Crippen LogP contribution in [-0.4, -0.2) is 49.8 Å². The Labute approximate surface area is 86.8 Å². The summed E-state index contributed by atoms with van der Waals surface area (Å²) >= 11 is 0. The van der Waals surface area contributed by atoms with Gasteiger partial charge in [0.1, 0.15) is 0 Å². The Morgan fingerprint density at radius 2 is 2.07 bits per heavy atom. The average Bonchev–Trinajstić information content (AvgIpc) is 2.30. The maximum atomic E-state index is 5.38. The van der Waals surface area contributed by atoms with Gasteiger partial charge in [0, 0.05) is 25.2 Å². The Kier molecular flexibility index (Phi) is 3.79. The molecule has 3 nitrogen and oxygen atoms in total. The topological polar surface area (TPSA) is 24.5 Å². The molecule has 2 unspecified atom stereocenters. The van der Waals surface area contributed by atoms with Crippen LogP contribution in [0.15, 0.2) is 0 Å². The van der Waals surface area contributed by atoms with E-state index < -0.39 is 0 Å². The second-order valence-corrected chi connectivity index (χ2v) is 4.45. The average molecular weight is 198 g/mol. The van der Waals surface area contributed by atoms with E-state index in [0.717, 1.165) is 26.3 Å². The minimum Gasteiger partial charge on any atom is -0.379 e. The third kappa shape index (κ3) is 2.47. The van der Waals surface area contributed by atoms with Crippen LogP contribution in [0.2, 0.25) is 0 Å². The van der Waals surface area contributed by atoms with Crippen molar-refractivity contribution in [3.63, 3.8) is 0 Å². The van der Waals surface area contributed by atoms with Crippen molar-refractivity contribution in [1.82, 2.24) is 10.2 Å². The van der Waals surface area contributed by atoms with E-state index in [4.69, 9.17) is 4.74 Å². The highest BCUT2D eigenvalue weighted by molar-refractivity contribution is 4.84. The van der Waals surface area contributed by atoms with E-state index in [-0.39, 0.29) is 0 Å². The van der Waals surface area contributed by atoms with Crippen LogP contribution in [0.1, 0.15) is 26.2 Å². The molecule has 14 heavy (non-hydrogen) atoms. The zero-order valence-electron chi connectivity index (χ0n) is 9.17. The number of morpholine rings is 1. The molecule has 2 aliphatic heterocycles. The number of nitrogens with zero attached hydrogens (tertiary/aromatic N) is 1. The third-order valence-corrected chi connectivity index (χ3v) is 3.55. The third-order valence-electron chi connectivity index (χ3n) is 3.55. The molecule has 0 aliphatic carbocycles. The summed E-state index contributed by atoms with van der Waals surface area (Å²) in [6.07, 6.45) is 4.09. The first-order valence-corrected chi connectivity index (χ1v) is 5.93. The molecule has 2 heterocycles. The summed E-state index contributed by atoms with van der Waals surface area (Å²) in [5.41, 5.74) is 0. The van der Waals surface area contributed by atoms with Crippen LogP contribution >= 0.6 is 0 Å². The molecule has 0 aromatic rings. The van der Waals surface area contributed by atoms with E-state index in [9.17, 15) is 0 Å². The molecule has 0 bridgehead atoms. The van der Waals surface area contributed by atoms with Crippen molar-refractivity contribution >= 4 is 0 Å². The molecule has 0 amide bonds. The number of hydrogen-bond acceptors (Lipinski definition) is 3. The van der Waals surface area contributed by atoms with Crippen molar-refractivity contribution < 1.29 is 4.74 Å². The van der Waals surface area contributed by atoms with Crippen molar-refractivity contribution in [2.45, 2.75) is 38.3 Å². The molecular weight excluding hydrogens is 176 g/mol. The maximum absolute atomic E-state index is 5.38. The molecule has 0 aromatic carbocycles. The van der Waals surface area contributed by atoms with Crippen LogP contribution in [-0.2, 0) is 4.74 Å². The van der Waals surface area contributed by atoms with Gasteiger partial charge < -0.3 is 10.1 Å². The van der Waals surface area contributed by atoms with Gasteiger partial charge in [0.05, 0.1) is 13.2 Å². The van der Waals surface area contributed by atoms with E-state index in [0.29, 0.717) is 12.1 Å². The zero-order chi connectivity index (χ0) is 9.80. The summed E-state index contributed by atoms with van der Waals surface area (Å²) in [6, 6.07) is 1.39. The lowest BCUT2D eigenvalue weighted by atomic mass is 9.98. The lowest BCUT2D eigenvalue weighted by molar-refractivity contribution is 0.0101. The van der Waals surface area contributed by atoms with Crippen molar-refractivity contribution in [1.29, 1.82) is 0 Å². The SMILES string of the molecule is CC(C1CCCCN1)N1CCOCC1. The summed E-state index contributed by atoms with van der Waals surface area (Å²) in [5.74, 6) is 0. The molecule has 0 spiro atoms. The lowest BCUT2D eigenvalue weighted by Gasteiger charge is -2.38. The van der Waals surface area contributed by atoms with Crippen LogP contribution < -0.4 is 5.32 Å². The summed E-state index contributed by atoms with van der Waals surface area (Å²) in [4.78, 5) is 2.56. The molecule has 3 heteroatoms. The predicted octanol–water partition coefficient (Wildman–Crippen LogP) is 0.849. The van der Waals surface area contributed by atoms with Crippen LogP contribution in [0.5, 0.6) is 0 Å². The van der Waals surface area contributed by atoms with Crippen LogP contribution in [0.25, 0.3) is 0 Å². The molecule has 0 saturated carbocycles. The Balaban J connectivity index is 1.82. The molecule has 2 fully saturated rings. The quantitative estimate of drug-likeness (QED) is 0.712. The molecule has 2 saturated heterocycles. The van der Waals surface area contributed by atoms with Crippen molar-refractivity contribution in [2.75, 3.05) is 32.8 Å². The number of piperidine rings is 1. The van der Waals surface area contributed by atoms with Gasteiger partial charge in [-0.15, -0.1) is 0 Å². The second-order valence-electron chi connectivity index (χ2n) is 4.45. The van der Waals surface area contributed by atoms with E-state index >= 15 is 0 Å². The fraction of sp³-hybridized carbons (Fsp3) is 1.00. The normalized spacial score (nSPS) is 32.8. The van der Waals surface area contributed by atoms with Gasteiger partial charge in [-0.2, -0.15) is 0 Å².